The van der Waals surface area contributed by atoms with E-state index in [-0.39, 0.29) is 0 Å². The van der Waals surface area contributed by atoms with Gasteiger partial charge in [-0.05, 0) is 50.9 Å². The molecule has 0 aliphatic rings. The van der Waals surface area contributed by atoms with Crippen LogP contribution in [-0.4, -0.2) is 21.3 Å². The predicted molar refractivity (Wildman–Crippen MR) is 77.6 cm³/mol. The van der Waals surface area contributed by atoms with Crippen molar-refractivity contribution in [3.8, 4) is 5.69 Å². The van der Waals surface area contributed by atoms with Crippen LogP contribution in [-0.2, 0) is 6.54 Å². The maximum absolute atomic E-state index is 4.44. The lowest BCUT2D eigenvalue weighted by Gasteiger charge is -2.10. The molecule has 2 rings (SSSR count). The maximum atomic E-state index is 4.44. The lowest BCUT2D eigenvalue weighted by atomic mass is 10.1. The smallest absolute Gasteiger partial charge is 0.148 e. The number of benzene rings is 1. The number of hydrogen-bond acceptors (Lipinski definition) is 3. The first-order valence-electron chi connectivity index (χ1n) is 6.82. The molecule has 1 aromatic heterocycles. The summed E-state index contributed by atoms with van der Waals surface area (Å²) >= 11 is 0. The van der Waals surface area contributed by atoms with Crippen molar-refractivity contribution < 1.29 is 0 Å². The van der Waals surface area contributed by atoms with E-state index in [0.29, 0.717) is 0 Å². The van der Waals surface area contributed by atoms with Crippen molar-refractivity contribution in [3.05, 3.63) is 41.0 Å². The molecule has 1 heterocycles. The van der Waals surface area contributed by atoms with Gasteiger partial charge in [0.1, 0.15) is 11.6 Å². The first-order chi connectivity index (χ1) is 9.11. The van der Waals surface area contributed by atoms with E-state index in [0.717, 1.165) is 36.8 Å². The molecule has 1 N–H and O–H groups in total. The zero-order valence-corrected chi connectivity index (χ0v) is 12.2. The molecule has 0 bridgehead atoms. The third kappa shape index (κ3) is 3.20. The summed E-state index contributed by atoms with van der Waals surface area (Å²) in [7, 11) is 0. The summed E-state index contributed by atoms with van der Waals surface area (Å²) in [4.78, 5) is 4.35. The largest absolute Gasteiger partial charge is 0.313 e. The fourth-order valence-corrected chi connectivity index (χ4v) is 2.22. The van der Waals surface area contributed by atoms with Crippen LogP contribution in [0.2, 0.25) is 0 Å². The number of nitrogens with zero attached hydrogens (tertiary/aromatic N) is 3. The van der Waals surface area contributed by atoms with Crippen LogP contribution in [0.15, 0.2) is 18.2 Å². The summed E-state index contributed by atoms with van der Waals surface area (Å²) in [6.07, 6.45) is 1.16. The highest BCUT2D eigenvalue weighted by atomic mass is 15.3. The summed E-state index contributed by atoms with van der Waals surface area (Å²) in [5, 5.41) is 7.85. The molecule has 0 spiro atoms. The van der Waals surface area contributed by atoms with Crippen molar-refractivity contribution in [3.63, 3.8) is 0 Å². The molecule has 4 nitrogen and oxygen atoms in total. The number of aromatic nitrogens is 3. The first kappa shape index (κ1) is 13.7. The minimum atomic E-state index is 0.811. The Bertz CT molecular complexity index is 557. The molecule has 0 fully saturated rings. The Morgan fingerprint density at radius 1 is 1.21 bits per heavy atom. The maximum Gasteiger partial charge on any atom is 0.148 e. The lowest BCUT2D eigenvalue weighted by molar-refractivity contribution is 0.675. The van der Waals surface area contributed by atoms with Gasteiger partial charge in [-0.2, -0.15) is 5.10 Å². The molecule has 1 aromatic carbocycles. The van der Waals surface area contributed by atoms with Gasteiger partial charge in [0.25, 0.3) is 0 Å². The normalized spacial score (nSPS) is 10.9. The molecule has 0 aliphatic carbocycles. The molecule has 4 heteroatoms. The third-order valence-corrected chi connectivity index (χ3v) is 3.12. The Kier molecular flexibility index (Phi) is 4.32. The molecule has 0 aliphatic heterocycles. The van der Waals surface area contributed by atoms with Crippen LogP contribution in [0.1, 0.15) is 36.1 Å². The van der Waals surface area contributed by atoms with E-state index in [9.17, 15) is 0 Å². The van der Waals surface area contributed by atoms with E-state index in [1.807, 2.05) is 18.5 Å². The Hall–Kier alpha value is -1.68. The SMILES string of the molecule is CCCNCc1ccc(-n2nc(C)nc2C)c(C)c1. The number of hydrogen-bond donors (Lipinski definition) is 1. The van der Waals surface area contributed by atoms with E-state index >= 15 is 0 Å². The molecule has 0 unspecified atom stereocenters. The average molecular weight is 258 g/mol. The van der Waals surface area contributed by atoms with Gasteiger partial charge in [0, 0.05) is 6.54 Å². The van der Waals surface area contributed by atoms with Crippen LogP contribution in [0, 0.1) is 20.8 Å². The zero-order valence-electron chi connectivity index (χ0n) is 12.2. The highest BCUT2D eigenvalue weighted by Gasteiger charge is 2.08. The van der Waals surface area contributed by atoms with E-state index in [4.69, 9.17) is 0 Å². The summed E-state index contributed by atoms with van der Waals surface area (Å²) in [5.74, 6) is 1.74. The van der Waals surface area contributed by atoms with Crippen molar-refractivity contribution in [1.82, 2.24) is 20.1 Å². The highest BCUT2D eigenvalue weighted by molar-refractivity contribution is 5.42. The van der Waals surface area contributed by atoms with Crippen molar-refractivity contribution >= 4 is 0 Å². The number of rotatable bonds is 5. The second-order valence-electron chi connectivity index (χ2n) is 4.92. The van der Waals surface area contributed by atoms with Gasteiger partial charge in [-0.3, -0.25) is 0 Å². The van der Waals surface area contributed by atoms with Gasteiger partial charge in [-0.25, -0.2) is 9.67 Å². The predicted octanol–water partition coefficient (Wildman–Crippen LogP) is 2.69. The molecule has 0 radical (unpaired) electrons. The van der Waals surface area contributed by atoms with Gasteiger partial charge in [-0.1, -0.05) is 19.1 Å². The quantitative estimate of drug-likeness (QED) is 0.838. The summed E-state index contributed by atoms with van der Waals surface area (Å²) in [5.41, 5.74) is 3.64. The second-order valence-corrected chi connectivity index (χ2v) is 4.92. The Morgan fingerprint density at radius 2 is 2.00 bits per heavy atom. The van der Waals surface area contributed by atoms with Crippen LogP contribution in [0.25, 0.3) is 5.69 Å². The molecule has 0 amide bonds. The van der Waals surface area contributed by atoms with E-state index in [1.165, 1.54) is 11.1 Å². The van der Waals surface area contributed by atoms with E-state index < -0.39 is 0 Å². The molecule has 0 saturated heterocycles. The first-order valence-corrected chi connectivity index (χ1v) is 6.82. The van der Waals surface area contributed by atoms with Gasteiger partial charge in [0.15, 0.2) is 0 Å². The molecular weight excluding hydrogens is 236 g/mol. The highest BCUT2D eigenvalue weighted by Crippen LogP contribution is 2.16. The summed E-state index contributed by atoms with van der Waals surface area (Å²) < 4.78 is 1.91. The van der Waals surface area contributed by atoms with Gasteiger partial charge in [-0.15, -0.1) is 0 Å². The number of aryl methyl sites for hydroxylation is 3. The fraction of sp³-hybridized carbons (Fsp3) is 0.467. The standard InChI is InChI=1S/C15H22N4/c1-5-8-16-10-14-6-7-15(11(2)9-14)19-13(4)17-12(3)18-19/h6-7,9,16H,5,8,10H2,1-4H3. The van der Waals surface area contributed by atoms with Crippen molar-refractivity contribution in [2.75, 3.05) is 6.54 Å². The molecule has 102 valence electrons. The monoisotopic (exact) mass is 258 g/mol. The van der Waals surface area contributed by atoms with Gasteiger partial charge >= 0.3 is 0 Å². The Morgan fingerprint density at radius 3 is 2.58 bits per heavy atom. The van der Waals surface area contributed by atoms with E-state index in [2.05, 4.69) is 47.4 Å². The minimum absolute atomic E-state index is 0.811. The van der Waals surface area contributed by atoms with Gasteiger partial charge in [0.05, 0.1) is 5.69 Å². The fourth-order valence-electron chi connectivity index (χ4n) is 2.22. The average Bonchev–Trinajstić information content (AvgIpc) is 2.69. The van der Waals surface area contributed by atoms with Crippen LogP contribution in [0.4, 0.5) is 0 Å². The molecule has 19 heavy (non-hydrogen) atoms. The second kappa shape index (κ2) is 5.97. The number of nitrogens with one attached hydrogen (secondary N) is 1. The minimum Gasteiger partial charge on any atom is -0.313 e. The zero-order chi connectivity index (χ0) is 13.8. The molecular formula is C15H22N4. The third-order valence-electron chi connectivity index (χ3n) is 3.12. The van der Waals surface area contributed by atoms with Crippen LogP contribution in [0.3, 0.4) is 0 Å². The van der Waals surface area contributed by atoms with Crippen LogP contribution < -0.4 is 5.32 Å². The van der Waals surface area contributed by atoms with Crippen molar-refractivity contribution in [2.24, 2.45) is 0 Å². The molecule has 2 aromatic rings. The van der Waals surface area contributed by atoms with E-state index in [1.54, 1.807) is 0 Å². The van der Waals surface area contributed by atoms with Crippen LogP contribution in [0.5, 0.6) is 0 Å². The Balaban J connectivity index is 2.22. The molecule has 0 atom stereocenters. The van der Waals surface area contributed by atoms with Crippen molar-refractivity contribution in [1.29, 1.82) is 0 Å². The van der Waals surface area contributed by atoms with Crippen LogP contribution >= 0.6 is 0 Å². The van der Waals surface area contributed by atoms with Crippen molar-refractivity contribution in [2.45, 2.75) is 40.7 Å². The van der Waals surface area contributed by atoms with Gasteiger partial charge in [0.2, 0.25) is 0 Å². The molecule has 0 saturated carbocycles. The Labute approximate surface area is 114 Å². The summed E-state index contributed by atoms with van der Waals surface area (Å²) in [6.45, 7) is 10.2. The van der Waals surface area contributed by atoms with Gasteiger partial charge < -0.3 is 5.32 Å². The summed E-state index contributed by atoms with van der Waals surface area (Å²) in [6, 6.07) is 6.50. The topological polar surface area (TPSA) is 42.7 Å². The lowest BCUT2D eigenvalue weighted by Crippen LogP contribution is -2.14.